The summed E-state index contributed by atoms with van der Waals surface area (Å²) in [6.07, 6.45) is 1.72. The average Bonchev–Trinajstić information content (AvgIpc) is 3.09. The first-order valence-corrected chi connectivity index (χ1v) is 9.45. The number of rotatable bonds is 8. The van der Waals surface area contributed by atoms with Crippen LogP contribution in [0.15, 0.2) is 18.2 Å². The number of aliphatic carboxylic acids is 1. The Morgan fingerprint density at radius 3 is 2.85 bits per heavy atom. The number of likely N-dealkylation sites (tertiary alicyclic amines) is 1. The number of nitro benzene ring substituents is 1. The summed E-state index contributed by atoms with van der Waals surface area (Å²) < 4.78 is 5.07. The van der Waals surface area contributed by atoms with Gasteiger partial charge in [0.15, 0.2) is 6.61 Å². The van der Waals surface area contributed by atoms with Gasteiger partial charge in [0, 0.05) is 23.9 Å². The summed E-state index contributed by atoms with van der Waals surface area (Å²) in [5, 5.41) is 20.3. The molecule has 0 saturated carbocycles. The quantitative estimate of drug-likeness (QED) is 0.544. The van der Waals surface area contributed by atoms with Crippen molar-refractivity contribution in [1.82, 2.24) is 4.90 Å². The lowest BCUT2D eigenvalue weighted by Crippen LogP contribution is -2.40. The Labute approximate surface area is 155 Å². The number of carbonyl (C=O) groups excluding carboxylic acids is 1. The third kappa shape index (κ3) is 4.66. The van der Waals surface area contributed by atoms with Gasteiger partial charge in [-0.15, -0.1) is 0 Å². The van der Waals surface area contributed by atoms with Gasteiger partial charge in [0.05, 0.1) is 4.92 Å². The van der Waals surface area contributed by atoms with E-state index < -0.39 is 23.4 Å². The number of carbonyl (C=O) groups is 2. The van der Waals surface area contributed by atoms with Crippen LogP contribution in [0.5, 0.6) is 5.75 Å². The van der Waals surface area contributed by atoms with Crippen molar-refractivity contribution >= 4 is 29.3 Å². The summed E-state index contributed by atoms with van der Waals surface area (Å²) >= 11 is 1.75. The number of carboxylic acid groups (broad SMARTS) is 1. The van der Waals surface area contributed by atoms with E-state index in [9.17, 15) is 19.7 Å². The van der Waals surface area contributed by atoms with Gasteiger partial charge in [0.25, 0.3) is 11.6 Å². The fourth-order valence-corrected chi connectivity index (χ4v) is 4.17. The molecule has 2 unspecified atom stereocenters. The van der Waals surface area contributed by atoms with Gasteiger partial charge in [-0.05, 0) is 30.7 Å². The van der Waals surface area contributed by atoms with E-state index in [1.807, 2.05) is 0 Å². The highest BCUT2D eigenvalue weighted by molar-refractivity contribution is 7.99. The summed E-state index contributed by atoms with van der Waals surface area (Å²) in [4.78, 5) is 36.1. The molecule has 2 atom stereocenters. The molecule has 0 aromatic heterocycles. The van der Waals surface area contributed by atoms with Gasteiger partial charge in [-0.25, -0.2) is 4.79 Å². The maximum Gasteiger partial charge on any atom is 0.341 e. The van der Waals surface area contributed by atoms with Crippen LogP contribution in [-0.2, 0) is 4.79 Å². The van der Waals surface area contributed by atoms with Crippen LogP contribution >= 0.6 is 11.8 Å². The Bertz CT molecular complexity index is 696. The molecule has 1 aromatic carbocycles. The number of carboxylic acids is 1. The van der Waals surface area contributed by atoms with Crippen LogP contribution in [0.3, 0.4) is 0 Å². The fourth-order valence-electron chi connectivity index (χ4n) is 3.14. The molecule has 0 aliphatic carbocycles. The van der Waals surface area contributed by atoms with Crippen molar-refractivity contribution < 1.29 is 24.4 Å². The zero-order chi connectivity index (χ0) is 19.3. The van der Waals surface area contributed by atoms with E-state index in [4.69, 9.17) is 9.84 Å². The SMILES string of the molecule is CCSC(C)C1CCCN1C(=O)c1cc(OCC(=O)O)ccc1[N+](=O)[O-]. The van der Waals surface area contributed by atoms with Crippen LogP contribution in [-0.4, -0.2) is 57.0 Å². The molecular weight excluding hydrogens is 360 g/mol. The monoisotopic (exact) mass is 382 g/mol. The Kier molecular flexibility index (Phi) is 6.84. The predicted molar refractivity (Wildman–Crippen MR) is 97.9 cm³/mol. The maximum absolute atomic E-state index is 13.0. The summed E-state index contributed by atoms with van der Waals surface area (Å²) in [6, 6.07) is 3.76. The topological polar surface area (TPSA) is 110 Å². The van der Waals surface area contributed by atoms with Crippen molar-refractivity contribution in [2.24, 2.45) is 0 Å². The van der Waals surface area contributed by atoms with Crippen molar-refractivity contribution in [3.8, 4) is 5.75 Å². The summed E-state index contributed by atoms with van der Waals surface area (Å²) in [5.74, 6) is -0.531. The molecule has 0 spiro atoms. The van der Waals surface area contributed by atoms with Crippen LogP contribution in [0.25, 0.3) is 0 Å². The predicted octanol–water partition coefficient (Wildman–Crippen LogP) is 2.80. The number of hydrogen-bond donors (Lipinski definition) is 1. The van der Waals surface area contributed by atoms with Gasteiger partial charge in [-0.3, -0.25) is 14.9 Å². The first-order chi connectivity index (χ1) is 12.3. The van der Waals surface area contributed by atoms with E-state index in [1.165, 1.54) is 18.2 Å². The molecule has 0 radical (unpaired) electrons. The van der Waals surface area contributed by atoms with Gasteiger partial charge in [0.1, 0.15) is 11.3 Å². The molecule has 1 aliphatic rings. The minimum atomic E-state index is -1.17. The highest BCUT2D eigenvalue weighted by Crippen LogP contribution is 2.32. The van der Waals surface area contributed by atoms with Crippen LogP contribution in [0.2, 0.25) is 0 Å². The summed E-state index contributed by atoms with van der Waals surface area (Å²) in [7, 11) is 0. The second-order valence-corrected chi connectivity index (χ2v) is 7.64. The van der Waals surface area contributed by atoms with E-state index in [1.54, 1.807) is 16.7 Å². The molecule has 1 saturated heterocycles. The number of hydrogen-bond acceptors (Lipinski definition) is 6. The maximum atomic E-state index is 13.0. The van der Waals surface area contributed by atoms with Gasteiger partial charge >= 0.3 is 5.97 Å². The van der Waals surface area contributed by atoms with Crippen LogP contribution in [0.1, 0.15) is 37.0 Å². The number of amides is 1. The highest BCUT2D eigenvalue weighted by Gasteiger charge is 2.35. The van der Waals surface area contributed by atoms with E-state index in [0.717, 1.165) is 18.6 Å². The number of benzene rings is 1. The van der Waals surface area contributed by atoms with Crippen LogP contribution in [0, 0.1) is 10.1 Å². The van der Waals surface area contributed by atoms with Crippen LogP contribution in [0.4, 0.5) is 5.69 Å². The minimum Gasteiger partial charge on any atom is -0.482 e. The molecule has 1 heterocycles. The Morgan fingerprint density at radius 2 is 2.23 bits per heavy atom. The van der Waals surface area contributed by atoms with E-state index in [2.05, 4.69) is 13.8 Å². The summed E-state index contributed by atoms with van der Waals surface area (Å²) in [6.45, 7) is 4.08. The standard InChI is InChI=1S/C17H22N2O6S/c1-3-26-11(2)14-5-4-8-18(14)17(22)13-9-12(25-10-16(20)21)6-7-15(13)19(23)24/h6-7,9,11,14H,3-5,8,10H2,1-2H3,(H,20,21). The first-order valence-electron chi connectivity index (χ1n) is 8.40. The molecule has 9 heteroatoms. The minimum absolute atomic E-state index is 0.0237. The Morgan fingerprint density at radius 1 is 1.50 bits per heavy atom. The molecule has 1 amide bonds. The second kappa shape index (κ2) is 8.88. The van der Waals surface area contributed by atoms with E-state index in [-0.39, 0.29) is 28.3 Å². The third-order valence-electron chi connectivity index (χ3n) is 4.29. The highest BCUT2D eigenvalue weighted by atomic mass is 32.2. The van der Waals surface area contributed by atoms with Crippen molar-refractivity contribution in [1.29, 1.82) is 0 Å². The lowest BCUT2D eigenvalue weighted by atomic mass is 10.1. The lowest BCUT2D eigenvalue weighted by Gasteiger charge is -2.29. The van der Waals surface area contributed by atoms with Crippen LogP contribution < -0.4 is 4.74 Å². The van der Waals surface area contributed by atoms with Gasteiger partial charge in [-0.2, -0.15) is 11.8 Å². The van der Waals surface area contributed by atoms with E-state index in [0.29, 0.717) is 6.54 Å². The van der Waals surface area contributed by atoms with Gasteiger partial charge in [0.2, 0.25) is 0 Å². The van der Waals surface area contributed by atoms with Gasteiger partial charge < -0.3 is 14.7 Å². The molecule has 1 aromatic rings. The molecule has 0 bridgehead atoms. The fraction of sp³-hybridized carbons (Fsp3) is 0.529. The largest absolute Gasteiger partial charge is 0.482 e. The number of ether oxygens (including phenoxy) is 1. The van der Waals surface area contributed by atoms with Crippen molar-refractivity contribution in [2.45, 2.75) is 38.0 Å². The number of nitrogens with zero attached hydrogens (tertiary/aromatic N) is 2. The molecule has 1 fully saturated rings. The van der Waals surface area contributed by atoms with Crippen molar-refractivity contribution in [3.63, 3.8) is 0 Å². The van der Waals surface area contributed by atoms with Crippen molar-refractivity contribution in [3.05, 3.63) is 33.9 Å². The van der Waals surface area contributed by atoms with E-state index >= 15 is 0 Å². The third-order valence-corrected chi connectivity index (χ3v) is 5.46. The number of thioether (sulfide) groups is 1. The lowest BCUT2D eigenvalue weighted by molar-refractivity contribution is -0.385. The molecule has 2 rings (SSSR count). The average molecular weight is 382 g/mol. The Balaban J connectivity index is 2.31. The first kappa shape index (κ1) is 20.0. The molecule has 1 aliphatic heterocycles. The number of nitro groups is 1. The molecular formula is C17H22N2O6S. The smallest absolute Gasteiger partial charge is 0.341 e. The zero-order valence-corrected chi connectivity index (χ0v) is 15.5. The molecule has 142 valence electrons. The second-order valence-electron chi connectivity index (χ2n) is 5.99. The summed E-state index contributed by atoms with van der Waals surface area (Å²) in [5.41, 5.74) is -0.377. The van der Waals surface area contributed by atoms with Gasteiger partial charge in [-0.1, -0.05) is 13.8 Å². The molecule has 26 heavy (non-hydrogen) atoms. The zero-order valence-electron chi connectivity index (χ0n) is 14.7. The molecule has 1 N–H and O–H groups in total. The normalized spacial score (nSPS) is 17.8. The Hall–Kier alpha value is -2.29. The molecule has 8 nitrogen and oxygen atoms in total. The van der Waals surface area contributed by atoms with Crippen molar-refractivity contribution in [2.75, 3.05) is 18.9 Å².